The molecule has 0 bridgehead atoms. The molecule has 0 heterocycles. The molecule has 1 atom stereocenters. The van der Waals surface area contributed by atoms with Crippen LogP contribution in [0.4, 0.5) is 0 Å². The maximum absolute atomic E-state index is 5.90. The maximum Gasteiger partial charge on any atom is 0.335 e. The molecular weight excluding hydrogens is 216 g/mol. The van der Waals surface area contributed by atoms with Gasteiger partial charge in [0.2, 0.25) is 0 Å². The van der Waals surface area contributed by atoms with E-state index in [2.05, 4.69) is 34.2 Å². The Morgan fingerprint density at radius 3 is 1.94 bits per heavy atom. The molecule has 16 heavy (non-hydrogen) atoms. The molecule has 1 unspecified atom stereocenters. The van der Waals surface area contributed by atoms with Crippen LogP contribution >= 0.6 is 0 Å². The van der Waals surface area contributed by atoms with Gasteiger partial charge in [-0.2, -0.15) is 0 Å². The molecule has 0 aromatic carbocycles. The van der Waals surface area contributed by atoms with Gasteiger partial charge in [0.25, 0.3) is 0 Å². The summed E-state index contributed by atoms with van der Waals surface area (Å²) in [4.78, 5) is 0. The van der Waals surface area contributed by atoms with Crippen molar-refractivity contribution >= 4 is 8.56 Å². The van der Waals surface area contributed by atoms with Gasteiger partial charge in [0.05, 0.1) is 0 Å². The topological polar surface area (TPSA) is 18.5 Å². The lowest BCUT2D eigenvalue weighted by Crippen LogP contribution is -2.40. The molecule has 0 radical (unpaired) electrons. The van der Waals surface area contributed by atoms with E-state index >= 15 is 0 Å². The highest BCUT2D eigenvalue weighted by Crippen LogP contribution is 2.26. The van der Waals surface area contributed by atoms with Crippen molar-refractivity contribution in [2.24, 2.45) is 5.92 Å². The lowest BCUT2D eigenvalue weighted by atomic mass is 10.0. The van der Waals surface area contributed by atoms with Gasteiger partial charge in [-0.1, -0.05) is 39.5 Å². The molecule has 0 N–H and O–H groups in total. The highest BCUT2D eigenvalue weighted by atomic mass is 28.4. The average Bonchev–Trinajstić information content (AvgIpc) is 2.25. The number of unbranched alkanes of at least 4 members (excludes halogenated alkanes) is 1. The second-order valence-electron chi connectivity index (χ2n) is 4.62. The second-order valence-corrected chi connectivity index (χ2v) is 7.87. The predicted octanol–water partition coefficient (Wildman–Crippen LogP) is 4.35. The third kappa shape index (κ3) is 6.66. The maximum atomic E-state index is 5.90. The van der Waals surface area contributed by atoms with Gasteiger partial charge >= 0.3 is 8.56 Å². The highest BCUT2D eigenvalue weighted by molar-refractivity contribution is 6.66. The molecule has 0 aliphatic carbocycles. The van der Waals surface area contributed by atoms with Gasteiger partial charge in [-0.25, -0.2) is 0 Å². The molecule has 0 aromatic heterocycles. The van der Waals surface area contributed by atoms with Crippen LogP contribution in [0.3, 0.4) is 0 Å². The van der Waals surface area contributed by atoms with E-state index in [0.29, 0.717) is 0 Å². The standard InChI is InChI=1S/C13H30O2Si/c1-6-10-11-13(7-2)12-16(5,14-8-3)15-9-4/h13H,6-12H2,1-5H3. The first-order chi connectivity index (χ1) is 7.61. The number of rotatable bonds is 10. The first-order valence-electron chi connectivity index (χ1n) is 6.89. The van der Waals surface area contributed by atoms with Crippen molar-refractivity contribution in [3.63, 3.8) is 0 Å². The van der Waals surface area contributed by atoms with E-state index in [1.807, 2.05) is 0 Å². The monoisotopic (exact) mass is 246 g/mol. The van der Waals surface area contributed by atoms with Crippen molar-refractivity contribution in [2.75, 3.05) is 13.2 Å². The minimum atomic E-state index is -1.88. The van der Waals surface area contributed by atoms with Crippen LogP contribution in [0.1, 0.15) is 53.4 Å². The van der Waals surface area contributed by atoms with Crippen molar-refractivity contribution in [3.05, 3.63) is 0 Å². The van der Waals surface area contributed by atoms with E-state index in [0.717, 1.165) is 25.2 Å². The lowest BCUT2D eigenvalue weighted by Gasteiger charge is -2.29. The molecular formula is C13H30O2Si. The Morgan fingerprint density at radius 2 is 1.56 bits per heavy atom. The normalized spacial score (nSPS) is 14.1. The second kappa shape index (κ2) is 9.20. The van der Waals surface area contributed by atoms with Crippen LogP contribution in [0, 0.1) is 5.92 Å². The summed E-state index contributed by atoms with van der Waals surface area (Å²) in [6, 6.07) is 1.16. The summed E-state index contributed by atoms with van der Waals surface area (Å²) < 4.78 is 11.8. The Morgan fingerprint density at radius 1 is 1.00 bits per heavy atom. The summed E-state index contributed by atoms with van der Waals surface area (Å²) in [6.45, 7) is 12.5. The van der Waals surface area contributed by atoms with E-state index in [1.165, 1.54) is 25.7 Å². The Labute approximate surface area is 103 Å². The average molecular weight is 246 g/mol. The molecule has 0 fully saturated rings. The smallest absolute Gasteiger partial charge is 0.335 e. The molecule has 0 aliphatic heterocycles. The molecule has 98 valence electrons. The molecule has 2 nitrogen and oxygen atoms in total. The third-order valence-electron chi connectivity index (χ3n) is 3.10. The van der Waals surface area contributed by atoms with Gasteiger partial charge in [0, 0.05) is 13.2 Å². The first kappa shape index (κ1) is 16.1. The zero-order chi connectivity index (χ0) is 12.4. The molecule has 0 spiro atoms. The molecule has 0 saturated carbocycles. The Bertz CT molecular complexity index is 156. The van der Waals surface area contributed by atoms with Crippen molar-refractivity contribution in [1.29, 1.82) is 0 Å². The highest BCUT2D eigenvalue weighted by Gasteiger charge is 2.33. The van der Waals surface area contributed by atoms with Crippen LogP contribution in [0.5, 0.6) is 0 Å². The number of hydrogen-bond donors (Lipinski definition) is 0. The van der Waals surface area contributed by atoms with E-state index < -0.39 is 8.56 Å². The molecule has 3 heteroatoms. The Balaban J connectivity index is 4.21. The summed E-state index contributed by atoms with van der Waals surface area (Å²) in [5, 5.41) is 0. The summed E-state index contributed by atoms with van der Waals surface area (Å²) in [7, 11) is -1.88. The van der Waals surface area contributed by atoms with Gasteiger partial charge in [-0.15, -0.1) is 0 Å². The predicted molar refractivity (Wildman–Crippen MR) is 73.0 cm³/mol. The fraction of sp³-hybridized carbons (Fsp3) is 1.00. The molecule has 0 amide bonds. The summed E-state index contributed by atoms with van der Waals surface area (Å²) in [5.41, 5.74) is 0. The zero-order valence-electron chi connectivity index (χ0n) is 11.8. The van der Waals surface area contributed by atoms with Gasteiger partial charge < -0.3 is 8.85 Å². The molecule has 0 saturated heterocycles. The van der Waals surface area contributed by atoms with Crippen LogP contribution in [-0.4, -0.2) is 21.8 Å². The van der Waals surface area contributed by atoms with Crippen LogP contribution in [0.15, 0.2) is 0 Å². The van der Waals surface area contributed by atoms with Crippen LogP contribution < -0.4 is 0 Å². The summed E-state index contributed by atoms with van der Waals surface area (Å²) >= 11 is 0. The third-order valence-corrected chi connectivity index (χ3v) is 6.22. The summed E-state index contributed by atoms with van der Waals surface area (Å²) in [5.74, 6) is 0.787. The fourth-order valence-electron chi connectivity index (χ4n) is 2.24. The first-order valence-corrected chi connectivity index (χ1v) is 9.42. The van der Waals surface area contributed by atoms with Crippen molar-refractivity contribution in [3.8, 4) is 0 Å². The van der Waals surface area contributed by atoms with E-state index in [-0.39, 0.29) is 0 Å². The molecule has 0 rings (SSSR count). The fourth-order valence-corrected chi connectivity index (χ4v) is 5.32. The van der Waals surface area contributed by atoms with Crippen molar-refractivity contribution in [2.45, 2.75) is 66.0 Å². The van der Waals surface area contributed by atoms with Crippen LogP contribution in [0.2, 0.25) is 12.6 Å². The Hall–Kier alpha value is 0.137. The van der Waals surface area contributed by atoms with Crippen LogP contribution in [-0.2, 0) is 8.85 Å². The van der Waals surface area contributed by atoms with Crippen molar-refractivity contribution in [1.82, 2.24) is 0 Å². The molecule has 0 aliphatic rings. The van der Waals surface area contributed by atoms with Gasteiger partial charge in [-0.3, -0.25) is 0 Å². The zero-order valence-corrected chi connectivity index (χ0v) is 12.8. The van der Waals surface area contributed by atoms with E-state index in [9.17, 15) is 0 Å². The lowest BCUT2D eigenvalue weighted by molar-refractivity contribution is 0.182. The minimum Gasteiger partial charge on any atom is -0.395 e. The number of hydrogen-bond acceptors (Lipinski definition) is 2. The van der Waals surface area contributed by atoms with Crippen molar-refractivity contribution < 1.29 is 8.85 Å². The van der Waals surface area contributed by atoms with Gasteiger partial charge in [0.1, 0.15) is 0 Å². The van der Waals surface area contributed by atoms with Gasteiger partial charge in [0.15, 0.2) is 0 Å². The molecule has 0 aromatic rings. The van der Waals surface area contributed by atoms with Gasteiger partial charge in [-0.05, 0) is 32.4 Å². The van der Waals surface area contributed by atoms with Crippen LogP contribution in [0.25, 0.3) is 0 Å². The minimum absolute atomic E-state index is 0.785. The SMILES string of the molecule is CCCCC(CC)C[Si](C)(OCC)OCC. The summed E-state index contributed by atoms with van der Waals surface area (Å²) in [6.07, 6.45) is 5.21. The largest absolute Gasteiger partial charge is 0.395 e. The van der Waals surface area contributed by atoms with E-state index in [1.54, 1.807) is 0 Å². The van der Waals surface area contributed by atoms with E-state index in [4.69, 9.17) is 8.85 Å². The quantitative estimate of drug-likeness (QED) is 0.534. The Kier molecular flexibility index (Phi) is 9.28.